The first kappa shape index (κ1) is 17.1. The van der Waals surface area contributed by atoms with E-state index in [1.54, 1.807) is 24.3 Å². The van der Waals surface area contributed by atoms with Crippen molar-refractivity contribution in [3.8, 4) is 11.5 Å². The number of rotatable bonds is 4. The normalized spacial score (nSPS) is 15.5. The van der Waals surface area contributed by atoms with E-state index in [2.05, 4.69) is 10.4 Å². The Kier molecular flexibility index (Phi) is 4.50. The highest BCUT2D eigenvalue weighted by Crippen LogP contribution is 2.30. The van der Waals surface area contributed by atoms with Crippen LogP contribution in [0.4, 0.5) is 0 Å². The molecular formula is C20H19N3O4. The third-order valence-corrected chi connectivity index (χ3v) is 4.44. The summed E-state index contributed by atoms with van der Waals surface area (Å²) in [6.07, 6.45) is -0.299. The summed E-state index contributed by atoms with van der Waals surface area (Å²) in [6, 6.07) is 14.4. The summed E-state index contributed by atoms with van der Waals surface area (Å²) in [5.41, 5.74) is 0.0226. The summed E-state index contributed by atoms with van der Waals surface area (Å²) >= 11 is 0. The van der Waals surface area contributed by atoms with Crippen molar-refractivity contribution in [2.45, 2.75) is 19.6 Å². The van der Waals surface area contributed by atoms with Crippen molar-refractivity contribution in [1.29, 1.82) is 0 Å². The van der Waals surface area contributed by atoms with Crippen LogP contribution >= 0.6 is 0 Å². The topological polar surface area (TPSA) is 82.5 Å². The fourth-order valence-corrected chi connectivity index (χ4v) is 3.07. The molecule has 0 unspecified atom stereocenters. The van der Waals surface area contributed by atoms with Gasteiger partial charge in [-0.05, 0) is 25.1 Å². The van der Waals surface area contributed by atoms with Crippen molar-refractivity contribution in [3.63, 3.8) is 0 Å². The first-order valence-corrected chi connectivity index (χ1v) is 8.84. The molecule has 1 aliphatic heterocycles. The SMILES string of the molecule is CCn1nc(C(=O)NC[C@H]2COc3ccccc3O2)c2ccccc2c1=O. The van der Waals surface area contributed by atoms with E-state index in [4.69, 9.17) is 9.47 Å². The van der Waals surface area contributed by atoms with Crippen molar-refractivity contribution in [2.24, 2.45) is 0 Å². The maximum atomic E-state index is 12.7. The van der Waals surface area contributed by atoms with Crippen LogP contribution in [0.3, 0.4) is 0 Å². The van der Waals surface area contributed by atoms with Gasteiger partial charge in [0.05, 0.1) is 11.9 Å². The second kappa shape index (κ2) is 7.11. The van der Waals surface area contributed by atoms with Crippen molar-refractivity contribution in [1.82, 2.24) is 15.1 Å². The summed E-state index contributed by atoms with van der Waals surface area (Å²) in [4.78, 5) is 25.1. The Bertz CT molecular complexity index is 1060. The van der Waals surface area contributed by atoms with E-state index in [9.17, 15) is 9.59 Å². The van der Waals surface area contributed by atoms with Gasteiger partial charge in [0, 0.05) is 11.9 Å². The highest BCUT2D eigenvalue weighted by atomic mass is 16.6. The number of aryl methyl sites for hydroxylation is 1. The lowest BCUT2D eigenvalue weighted by Crippen LogP contribution is -2.41. The number of benzene rings is 2. The zero-order valence-electron chi connectivity index (χ0n) is 14.8. The quantitative estimate of drug-likeness (QED) is 0.765. The fraction of sp³-hybridized carbons (Fsp3) is 0.250. The predicted molar refractivity (Wildman–Crippen MR) is 100 cm³/mol. The number of nitrogens with zero attached hydrogens (tertiary/aromatic N) is 2. The van der Waals surface area contributed by atoms with E-state index >= 15 is 0 Å². The molecular weight excluding hydrogens is 346 g/mol. The van der Waals surface area contributed by atoms with Gasteiger partial charge in [-0.3, -0.25) is 9.59 Å². The maximum Gasteiger partial charge on any atom is 0.274 e. The molecule has 1 atom stereocenters. The fourth-order valence-electron chi connectivity index (χ4n) is 3.07. The molecule has 1 amide bonds. The molecule has 2 aromatic carbocycles. The molecule has 7 heteroatoms. The van der Waals surface area contributed by atoms with Gasteiger partial charge in [0.15, 0.2) is 17.2 Å². The minimum atomic E-state index is -0.351. The Morgan fingerprint density at radius 3 is 2.63 bits per heavy atom. The summed E-state index contributed by atoms with van der Waals surface area (Å²) in [7, 11) is 0. The second-order valence-corrected chi connectivity index (χ2v) is 6.22. The van der Waals surface area contributed by atoms with Crippen molar-refractivity contribution in [2.75, 3.05) is 13.2 Å². The molecule has 0 bridgehead atoms. The van der Waals surface area contributed by atoms with Crippen LogP contribution in [-0.4, -0.2) is 34.9 Å². The minimum Gasteiger partial charge on any atom is -0.486 e. The number of hydrogen-bond donors (Lipinski definition) is 1. The molecule has 0 radical (unpaired) electrons. The zero-order valence-corrected chi connectivity index (χ0v) is 14.8. The molecule has 7 nitrogen and oxygen atoms in total. The molecule has 0 fully saturated rings. The third-order valence-electron chi connectivity index (χ3n) is 4.44. The van der Waals surface area contributed by atoms with E-state index in [1.165, 1.54) is 4.68 Å². The Hall–Kier alpha value is -3.35. The zero-order chi connectivity index (χ0) is 18.8. The van der Waals surface area contributed by atoms with Crippen LogP contribution in [0.2, 0.25) is 0 Å². The van der Waals surface area contributed by atoms with Crippen molar-refractivity contribution < 1.29 is 14.3 Å². The number of carbonyl (C=O) groups is 1. The van der Waals surface area contributed by atoms with Crippen LogP contribution in [0.1, 0.15) is 17.4 Å². The Labute approximate surface area is 155 Å². The number of fused-ring (bicyclic) bond motifs is 2. The van der Waals surface area contributed by atoms with Gasteiger partial charge < -0.3 is 14.8 Å². The third kappa shape index (κ3) is 3.23. The largest absolute Gasteiger partial charge is 0.486 e. The van der Waals surface area contributed by atoms with Crippen LogP contribution in [-0.2, 0) is 6.54 Å². The van der Waals surface area contributed by atoms with Crippen LogP contribution in [0, 0.1) is 0 Å². The Morgan fingerprint density at radius 2 is 1.85 bits per heavy atom. The van der Waals surface area contributed by atoms with E-state index in [0.29, 0.717) is 35.4 Å². The maximum absolute atomic E-state index is 12.7. The van der Waals surface area contributed by atoms with E-state index < -0.39 is 0 Å². The predicted octanol–water partition coefficient (Wildman–Crippen LogP) is 1.99. The average Bonchev–Trinajstić information content (AvgIpc) is 2.72. The average molecular weight is 365 g/mol. The van der Waals surface area contributed by atoms with Crippen molar-refractivity contribution >= 4 is 16.7 Å². The van der Waals surface area contributed by atoms with Crippen LogP contribution < -0.4 is 20.3 Å². The van der Waals surface area contributed by atoms with Gasteiger partial charge in [0.1, 0.15) is 12.7 Å². The lowest BCUT2D eigenvalue weighted by atomic mass is 10.1. The molecule has 138 valence electrons. The van der Waals surface area contributed by atoms with Gasteiger partial charge in [0.2, 0.25) is 0 Å². The van der Waals surface area contributed by atoms with Crippen LogP contribution in [0.25, 0.3) is 10.8 Å². The molecule has 0 saturated carbocycles. The van der Waals surface area contributed by atoms with E-state index in [0.717, 1.165) is 0 Å². The number of para-hydroxylation sites is 2. The van der Waals surface area contributed by atoms with Gasteiger partial charge in [-0.2, -0.15) is 5.10 Å². The summed E-state index contributed by atoms with van der Waals surface area (Å²) < 4.78 is 12.8. The van der Waals surface area contributed by atoms with E-state index in [1.807, 2.05) is 31.2 Å². The standard InChI is InChI=1S/C20H19N3O4/c1-2-23-20(25)15-8-4-3-7-14(15)18(22-23)19(24)21-11-13-12-26-16-9-5-6-10-17(16)27-13/h3-10,13H,2,11-12H2,1H3,(H,21,24)/t13-/m0/s1. The number of amides is 1. The molecule has 1 aliphatic rings. The second-order valence-electron chi connectivity index (χ2n) is 6.22. The molecule has 0 aliphatic carbocycles. The number of aromatic nitrogens is 2. The Morgan fingerprint density at radius 1 is 1.15 bits per heavy atom. The summed E-state index contributed by atoms with van der Waals surface area (Å²) in [6.45, 7) is 2.82. The molecule has 3 aromatic rings. The minimum absolute atomic E-state index is 0.203. The number of ether oxygens (including phenoxy) is 2. The highest BCUT2D eigenvalue weighted by molar-refractivity contribution is 6.04. The summed E-state index contributed by atoms with van der Waals surface area (Å²) in [5, 5.41) is 8.09. The van der Waals surface area contributed by atoms with Crippen LogP contribution in [0.5, 0.6) is 11.5 Å². The highest BCUT2D eigenvalue weighted by Gasteiger charge is 2.22. The number of nitrogens with one attached hydrogen (secondary N) is 1. The number of hydrogen-bond acceptors (Lipinski definition) is 5. The molecule has 0 spiro atoms. The lowest BCUT2D eigenvalue weighted by molar-refractivity contribution is 0.0786. The molecule has 27 heavy (non-hydrogen) atoms. The van der Waals surface area contributed by atoms with Gasteiger partial charge in [-0.1, -0.05) is 30.3 Å². The first-order valence-electron chi connectivity index (χ1n) is 8.84. The number of carbonyl (C=O) groups excluding carboxylic acids is 1. The van der Waals surface area contributed by atoms with Gasteiger partial charge in [-0.15, -0.1) is 0 Å². The smallest absolute Gasteiger partial charge is 0.274 e. The van der Waals surface area contributed by atoms with Gasteiger partial charge in [0.25, 0.3) is 11.5 Å². The van der Waals surface area contributed by atoms with Crippen molar-refractivity contribution in [3.05, 3.63) is 64.6 Å². The summed E-state index contributed by atoms with van der Waals surface area (Å²) in [5.74, 6) is 1.00. The molecule has 4 rings (SSSR count). The molecule has 1 N–H and O–H groups in total. The molecule has 0 saturated heterocycles. The van der Waals surface area contributed by atoms with Crippen LogP contribution in [0.15, 0.2) is 53.3 Å². The lowest BCUT2D eigenvalue weighted by Gasteiger charge is -2.26. The Balaban J connectivity index is 1.54. The first-order chi connectivity index (χ1) is 13.2. The van der Waals surface area contributed by atoms with Gasteiger partial charge in [-0.25, -0.2) is 4.68 Å². The molecule has 2 heterocycles. The van der Waals surface area contributed by atoms with Gasteiger partial charge >= 0.3 is 0 Å². The monoisotopic (exact) mass is 365 g/mol. The van der Waals surface area contributed by atoms with E-state index in [-0.39, 0.29) is 29.8 Å². The molecule has 1 aromatic heterocycles.